The molecule has 1 aromatic heterocycles. The molecular formula is C18H25ClN2. The third kappa shape index (κ3) is 4.60. The van der Waals surface area contributed by atoms with Gasteiger partial charge in [-0.25, -0.2) is 4.98 Å². The van der Waals surface area contributed by atoms with Crippen molar-refractivity contribution in [1.82, 2.24) is 9.97 Å². The number of halogens is 1. The first-order valence-electron chi connectivity index (χ1n) is 7.52. The highest BCUT2D eigenvalue weighted by atomic mass is 35.5. The minimum Gasteiger partial charge on any atom is -0.348 e. The molecule has 0 bridgehead atoms. The fourth-order valence-electron chi connectivity index (χ4n) is 2.68. The second-order valence-electron chi connectivity index (χ2n) is 7.31. The fraction of sp³-hybridized carbons (Fsp3) is 0.500. The fourth-order valence-corrected chi connectivity index (χ4v) is 2.81. The first-order chi connectivity index (χ1) is 9.78. The van der Waals surface area contributed by atoms with E-state index in [9.17, 15) is 0 Å². The lowest BCUT2D eigenvalue weighted by molar-refractivity contribution is 0.283. The molecule has 0 saturated carbocycles. The summed E-state index contributed by atoms with van der Waals surface area (Å²) in [7, 11) is 0. The molecule has 0 aliphatic rings. The van der Waals surface area contributed by atoms with E-state index in [1.165, 1.54) is 17.7 Å². The molecule has 1 heterocycles. The second kappa shape index (κ2) is 6.23. The summed E-state index contributed by atoms with van der Waals surface area (Å²) in [6, 6.07) is 8.25. The van der Waals surface area contributed by atoms with E-state index in [2.05, 4.69) is 49.8 Å². The van der Waals surface area contributed by atoms with Crippen LogP contribution in [-0.4, -0.2) is 9.97 Å². The number of aromatic amines is 1. The molecule has 1 N–H and O–H groups in total. The molecule has 114 valence electrons. The van der Waals surface area contributed by atoms with Crippen LogP contribution in [-0.2, 0) is 11.8 Å². The lowest BCUT2D eigenvalue weighted by Crippen LogP contribution is -2.23. The smallest absolute Gasteiger partial charge is 0.0921 e. The third-order valence-corrected chi connectivity index (χ3v) is 4.53. The summed E-state index contributed by atoms with van der Waals surface area (Å²) in [5.41, 5.74) is 2.99. The van der Waals surface area contributed by atoms with Crippen LogP contribution in [0.4, 0.5) is 0 Å². The molecule has 2 rings (SSSR count). The van der Waals surface area contributed by atoms with Crippen LogP contribution < -0.4 is 0 Å². The maximum Gasteiger partial charge on any atom is 0.0921 e. The molecule has 3 heteroatoms. The number of rotatable bonds is 6. The van der Waals surface area contributed by atoms with E-state index in [0.29, 0.717) is 0 Å². The Morgan fingerprint density at radius 1 is 1.05 bits per heavy atom. The number of aromatic nitrogens is 2. The number of benzene rings is 1. The van der Waals surface area contributed by atoms with Crippen LogP contribution in [0.15, 0.2) is 36.8 Å². The zero-order valence-electron chi connectivity index (χ0n) is 13.4. The normalized spacial score (nSPS) is 12.6. The van der Waals surface area contributed by atoms with Crippen LogP contribution >= 0.6 is 11.6 Å². The number of imidazole rings is 1. The summed E-state index contributed by atoms with van der Waals surface area (Å²) in [6.45, 7) is 9.27. The van der Waals surface area contributed by atoms with Gasteiger partial charge >= 0.3 is 0 Å². The Bertz CT molecular complexity index is 553. The molecule has 0 spiro atoms. The van der Waals surface area contributed by atoms with Gasteiger partial charge in [-0.2, -0.15) is 0 Å². The Labute approximate surface area is 133 Å². The molecule has 0 unspecified atom stereocenters. The van der Waals surface area contributed by atoms with Gasteiger partial charge in [0, 0.05) is 16.9 Å². The summed E-state index contributed by atoms with van der Waals surface area (Å²) < 4.78 is 0. The highest BCUT2D eigenvalue weighted by Gasteiger charge is 2.26. The molecule has 0 aliphatic heterocycles. The van der Waals surface area contributed by atoms with Gasteiger partial charge in [0.25, 0.3) is 0 Å². The van der Waals surface area contributed by atoms with Gasteiger partial charge in [-0.15, -0.1) is 0 Å². The van der Waals surface area contributed by atoms with Gasteiger partial charge in [0.1, 0.15) is 0 Å². The predicted octanol–water partition coefficient (Wildman–Crippen LogP) is 5.39. The first kappa shape index (κ1) is 16.1. The summed E-state index contributed by atoms with van der Waals surface area (Å²) in [5.74, 6) is 0. The average molecular weight is 305 g/mol. The van der Waals surface area contributed by atoms with Crippen molar-refractivity contribution in [2.24, 2.45) is 5.41 Å². The van der Waals surface area contributed by atoms with E-state index in [-0.39, 0.29) is 10.8 Å². The van der Waals surface area contributed by atoms with E-state index in [0.717, 1.165) is 17.9 Å². The van der Waals surface area contributed by atoms with Crippen molar-refractivity contribution in [1.29, 1.82) is 0 Å². The third-order valence-electron chi connectivity index (χ3n) is 4.28. The van der Waals surface area contributed by atoms with Gasteiger partial charge in [0.2, 0.25) is 0 Å². The topological polar surface area (TPSA) is 28.7 Å². The highest BCUT2D eigenvalue weighted by molar-refractivity contribution is 6.30. The first-order valence-corrected chi connectivity index (χ1v) is 7.90. The maximum atomic E-state index is 5.98. The number of nitrogens with one attached hydrogen (secondary N) is 1. The van der Waals surface area contributed by atoms with Gasteiger partial charge in [-0.1, -0.05) is 51.4 Å². The molecule has 0 radical (unpaired) electrons. The molecule has 0 saturated heterocycles. The van der Waals surface area contributed by atoms with Gasteiger partial charge in [0.15, 0.2) is 0 Å². The highest BCUT2D eigenvalue weighted by Crippen LogP contribution is 2.35. The Morgan fingerprint density at radius 2 is 1.71 bits per heavy atom. The van der Waals surface area contributed by atoms with Gasteiger partial charge in [-0.05, 0) is 47.8 Å². The average Bonchev–Trinajstić information content (AvgIpc) is 2.89. The Hall–Kier alpha value is -1.28. The molecule has 1 aromatic carbocycles. The summed E-state index contributed by atoms with van der Waals surface area (Å²) in [5, 5.41) is 0.800. The standard InChI is InChI=1S/C18H25ClN2/c1-17(2,11-16-12-20-13-21-16)9-10-18(3,4)14-5-7-15(19)8-6-14/h5-8,12-13H,9-11H2,1-4H3,(H,20,21). The SMILES string of the molecule is CC(C)(CCC(C)(C)c1ccc(Cl)cc1)Cc1cnc[nH]1. The second-order valence-corrected chi connectivity index (χ2v) is 7.75. The molecule has 2 aromatic rings. The Balaban J connectivity index is 1.98. The molecule has 21 heavy (non-hydrogen) atoms. The zero-order chi connectivity index (χ0) is 15.5. The number of hydrogen-bond donors (Lipinski definition) is 1. The lowest BCUT2D eigenvalue weighted by atomic mass is 9.74. The molecular weight excluding hydrogens is 280 g/mol. The van der Waals surface area contributed by atoms with Crippen molar-refractivity contribution >= 4 is 11.6 Å². The number of H-pyrrole nitrogens is 1. The van der Waals surface area contributed by atoms with Crippen LogP contribution in [0.3, 0.4) is 0 Å². The predicted molar refractivity (Wildman–Crippen MR) is 89.8 cm³/mol. The van der Waals surface area contributed by atoms with Gasteiger partial charge in [-0.3, -0.25) is 0 Å². The van der Waals surface area contributed by atoms with Crippen LogP contribution in [0.2, 0.25) is 5.02 Å². The monoisotopic (exact) mass is 304 g/mol. The van der Waals surface area contributed by atoms with Crippen molar-refractivity contribution < 1.29 is 0 Å². The van der Waals surface area contributed by atoms with Crippen LogP contribution in [0.1, 0.15) is 51.8 Å². The molecule has 0 aliphatic carbocycles. The van der Waals surface area contributed by atoms with Crippen LogP contribution in [0, 0.1) is 5.41 Å². The van der Waals surface area contributed by atoms with Crippen molar-refractivity contribution in [3.8, 4) is 0 Å². The number of nitrogens with zero attached hydrogens (tertiary/aromatic N) is 1. The van der Waals surface area contributed by atoms with Crippen molar-refractivity contribution in [3.63, 3.8) is 0 Å². The quantitative estimate of drug-likeness (QED) is 0.761. The molecule has 0 amide bonds. The van der Waals surface area contributed by atoms with Crippen molar-refractivity contribution in [2.45, 2.75) is 52.4 Å². The van der Waals surface area contributed by atoms with E-state index >= 15 is 0 Å². The Morgan fingerprint density at radius 3 is 2.29 bits per heavy atom. The van der Waals surface area contributed by atoms with E-state index in [4.69, 9.17) is 11.6 Å². The number of hydrogen-bond acceptors (Lipinski definition) is 1. The maximum absolute atomic E-state index is 5.98. The van der Waals surface area contributed by atoms with E-state index < -0.39 is 0 Å². The van der Waals surface area contributed by atoms with Crippen molar-refractivity contribution in [3.05, 3.63) is 53.1 Å². The van der Waals surface area contributed by atoms with Gasteiger partial charge < -0.3 is 4.98 Å². The largest absolute Gasteiger partial charge is 0.348 e. The minimum absolute atomic E-state index is 0.163. The van der Waals surface area contributed by atoms with Crippen molar-refractivity contribution in [2.75, 3.05) is 0 Å². The summed E-state index contributed by atoms with van der Waals surface area (Å²) in [6.07, 6.45) is 7.02. The van der Waals surface area contributed by atoms with E-state index in [1.54, 1.807) is 6.33 Å². The molecule has 0 atom stereocenters. The molecule has 0 fully saturated rings. The Kier molecular flexibility index (Phi) is 4.77. The summed E-state index contributed by atoms with van der Waals surface area (Å²) >= 11 is 5.98. The molecule has 2 nitrogen and oxygen atoms in total. The minimum atomic E-state index is 0.163. The summed E-state index contributed by atoms with van der Waals surface area (Å²) in [4.78, 5) is 7.31. The van der Waals surface area contributed by atoms with Gasteiger partial charge in [0.05, 0.1) is 6.33 Å². The van der Waals surface area contributed by atoms with Crippen LogP contribution in [0.25, 0.3) is 0 Å². The van der Waals surface area contributed by atoms with Crippen LogP contribution in [0.5, 0.6) is 0 Å². The van der Waals surface area contributed by atoms with E-state index in [1.807, 2.05) is 18.3 Å². The zero-order valence-corrected chi connectivity index (χ0v) is 14.2. The lowest BCUT2D eigenvalue weighted by Gasteiger charge is -2.31.